The lowest BCUT2D eigenvalue weighted by atomic mass is 10.2. The monoisotopic (exact) mass is 463 g/mol. The third-order valence-corrected chi connectivity index (χ3v) is 6.27. The van der Waals surface area contributed by atoms with E-state index in [4.69, 9.17) is 33.0 Å². The van der Waals surface area contributed by atoms with Crippen molar-refractivity contribution in [2.45, 2.75) is 9.79 Å². The summed E-state index contributed by atoms with van der Waals surface area (Å²) in [7, 11) is -4.05. The molecule has 3 aromatic rings. The minimum Gasteiger partial charge on any atom is -0.872 e. The summed E-state index contributed by atoms with van der Waals surface area (Å²) in [6.45, 7) is 0. The van der Waals surface area contributed by atoms with Crippen LogP contribution in [0, 0.1) is 0 Å². The highest BCUT2D eigenvalue weighted by molar-refractivity contribution is 7.91. The van der Waals surface area contributed by atoms with Gasteiger partial charge in [-0.15, -0.1) is 0 Å². The molecule has 0 aliphatic heterocycles. The van der Waals surface area contributed by atoms with Crippen molar-refractivity contribution in [3.63, 3.8) is 0 Å². The van der Waals surface area contributed by atoms with Crippen molar-refractivity contribution in [1.82, 2.24) is 0 Å². The zero-order valence-electron chi connectivity index (χ0n) is 15.1. The van der Waals surface area contributed by atoms with Crippen LogP contribution in [0.25, 0.3) is 6.08 Å². The average molecular weight is 464 g/mol. The Labute approximate surface area is 182 Å². The van der Waals surface area contributed by atoms with E-state index in [0.717, 1.165) is 18.2 Å². The van der Waals surface area contributed by atoms with Crippen molar-refractivity contribution in [1.29, 1.82) is 0 Å². The van der Waals surface area contributed by atoms with Gasteiger partial charge in [0.1, 0.15) is 5.75 Å². The van der Waals surface area contributed by atoms with Gasteiger partial charge in [-0.1, -0.05) is 53.2 Å². The SMILES string of the molecule is O=C(O)/C=C/c1cc(Cl)c(Oc2ccc([O-])c(S(=O)(=O)c3ccccc3)c2)c(Cl)c1. The Bertz CT molecular complexity index is 1210. The molecule has 3 rings (SSSR count). The molecule has 0 saturated heterocycles. The number of hydrogen-bond donors (Lipinski definition) is 1. The highest BCUT2D eigenvalue weighted by Crippen LogP contribution is 2.39. The van der Waals surface area contributed by atoms with Crippen LogP contribution in [0.2, 0.25) is 10.0 Å². The minimum absolute atomic E-state index is 0.0233. The predicted octanol–water partition coefficient (Wildman–Crippen LogP) is 4.79. The van der Waals surface area contributed by atoms with Crippen molar-refractivity contribution in [3.05, 3.63) is 82.3 Å². The highest BCUT2D eigenvalue weighted by atomic mass is 35.5. The van der Waals surface area contributed by atoms with Gasteiger partial charge in [-0.05, 0) is 48.0 Å². The van der Waals surface area contributed by atoms with E-state index < -0.39 is 26.5 Å². The zero-order valence-corrected chi connectivity index (χ0v) is 17.4. The molecule has 0 radical (unpaired) electrons. The second-order valence-electron chi connectivity index (χ2n) is 6.01. The number of carboxylic acids is 1. The number of halogens is 2. The Balaban J connectivity index is 1.98. The van der Waals surface area contributed by atoms with Crippen molar-refractivity contribution < 1.29 is 28.2 Å². The van der Waals surface area contributed by atoms with E-state index in [-0.39, 0.29) is 26.4 Å². The molecule has 6 nitrogen and oxygen atoms in total. The lowest BCUT2D eigenvalue weighted by molar-refractivity contribution is -0.272. The second kappa shape index (κ2) is 8.79. The molecule has 0 fully saturated rings. The third kappa shape index (κ3) is 4.76. The molecule has 0 saturated carbocycles. The molecule has 30 heavy (non-hydrogen) atoms. The summed E-state index contributed by atoms with van der Waals surface area (Å²) in [5.74, 6) is -1.74. The van der Waals surface area contributed by atoms with Gasteiger partial charge in [0.15, 0.2) is 5.75 Å². The minimum atomic E-state index is -4.05. The van der Waals surface area contributed by atoms with Crippen molar-refractivity contribution in [2.24, 2.45) is 0 Å². The van der Waals surface area contributed by atoms with Crippen LogP contribution in [-0.2, 0) is 14.6 Å². The van der Waals surface area contributed by atoms with Crippen LogP contribution < -0.4 is 9.84 Å². The molecule has 0 heterocycles. The fourth-order valence-corrected chi connectivity index (χ4v) is 4.50. The molecule has 154 valence electrons. The van der Waals surface area contributed by atoms with E-state index in [1.807, 2.05) is 0 Å². The number of sulfone groups is 1. The van der Waals surface area contributed by atoms with Gasteiger partial charge in [-0.25, -0.2) is 13.2 Å². The van der Waals surface area contributed by atoms with Crippen LogP contribution >= 0.6 is 23.2 Å². The fourth-order valence-electron chi connectivity index (χ4n) is 2.55. The topological polar surface area (TPSA) is 104 Å². The summed E-state index contributed by atoms with van der Waals surface area (Å²) >= 11 is 12.4. The number of carbonyl (C=O) groups is 1. The number of hydrogen-bond acceptors (Lipinski definition) is 5. The molecule has 0 aliphatic rings. The zero-order chi connectivity index (χ0) is 21.9. The Kier molecular flexibility index (Phi) is 6.36. The Morgan fingerprint density at radius 1 is 1.00 bits per heavy atom. The van der Waals surface area contributed by atoms with Crippen LogP contribution in [0.5, 0.6) is 17.2 Å². The Morgan fingerprint density at radius 3 is 2.23 bits per heavy atom. The number of benzene rings is 3. The molecule has 3 aromatic carbocycles. The van der Waals surface area contributed by atoms with E-state index in [1.165, 1.54) is 36.4 Å². The van der Waals surface area contributed by atoms with Crippen molar-refractivity contribution >= 4 is 45.1 Å². The lowest BCUT2D eigenvalue weighted by Gasteiger charge is -2.17. The van der Waals surface area contributed by atoms with Crippen LogP contribution in [-0.4, -0.2) is 19.5 Å². The fraction of sp³-hybridized carbons (Fsp3) is 0. The summed E-state index contributed by atoms with van der Waals surface area (Å²) in [4.78, 5) is 10.2. The number of rotatable bonds is 6. The summed E-state index contributed by atoms with van der Waals surface area (Å²) in [5, 5.41) is 21.1. The quantitative estimate of drug-likeness (QED) is 0.526. The molecule has 0 amide bonds. The van der Waals surface area contributed by atoms with Gasteiger partial charge < -0.3 is 14.9 Å². The molecule has 1 N–H and O–H groups in total. The van der Waals surface area contributed by atoms with Crippen molar-refractivity contribution in [3.8, 4) is 17.2 Å². The molecular formula is C21H13Cl2O6S-. The molecule has 0 spiro atoms. The first-order valence-electron chi connectivity index (χ1n) is 8.37. The second-order valence-corrected chi connectivity index (χ2v) is 8.74. The molecule has 0 unspecified atom stereocenters. The maximum Gasteiger partial charge on any atom is 0.328 e. The summed E-state index contributed by atoms with van der Waals surface area (Å²) < 4.78 is 31.2. The number of aliphatic carboxylic acids is 1. The van der Waals surface area contributed by atoms with Gasteiger partial charge in [0.2, 0.25) is 9.84 Å². The van der Waals surface area contributed by atoms with Gasteiger partial charge in [0.05, 0.1) is 19.8 Å². The normalized spacial score (nSPS) is 11.5. The van der Waals surface area contributed by atoms with Crippen LogP contribution in [0.3, 0.4) is 0 Å². The molecule has 0 aromatic heterocycles. The first kappa shape index (κ1) is 21.7. The van der Waals surface area contributed by atoms with E-state index >= 15 is 0 Å². The molecule has 0 bridgehead atoms. The van der Waals surface area contributed by atoms with Crippen LogP contribution in [0.15, 0.2) is 76.5 Å². The Hall–Kier alpha value is -3.00. The van der Waals surface area contributed by atoms with E-state index in [2.05, 4.69) is 0 Å². The lowest BCUT2D eigenvalue weighted by Crippen LogP contribution is -2.06. The molecule has 0 aliphatic carbocycles. The predicted molar refractivity (Wildman–Crippen MR) is 111 cm³/mol. The van der Waals surface area contributed by atoms with Crippen molar-refractivity contribution in [2.75, 3.05) is 0 Å². The van der Waals surface area contributed by atoms with E-state index in [0.29, 0.717) is 5.56 Å². The largest absolute Gasteiger partial charge is 0.872 e. The smallest absolute Gasteiger partial charge is 0.328 e. The number of carboxylic acid groups (broad SMARTS) is 1. The molecule has 0 atom stereocenters. The maximum atomic E-state index is 12.8. The number of ether oxygens (including phenoxy) is 1. The van der Waals surface area contributed by atoms with Gasteiger partial charge in [0, 0.05) is 6.08 Å². The van der Waals surface area contributed by atoms with Gasteiger partial charge in [0.25, 0.3) is 0 Å². The highest BCUT2D eigenvalue weighted by Gasteiger charge is 2.20. The van der Waals surface area contributed by atoms with Crippen LogP contribution in [0.4, 0.5) is 0 Å². The van der Waals surface area contributed by atoms with Gasteiger partial charge >= 0.3 is 5.97 Å². The molecule has 9 heteroatoms. The third-order valence-electron chi connectivity index (χ3n) is 3.92. The first-order chi connectivity index (χ1) is 14.2. The molecular weight excluding hydrogens is 451 g/mol. The standard InChI is InChI=1S/C21H14Cl2O6S/c22-16-10-13(6-9-20(25)26)11-17(23)21(16)29-14-7-8-18(24)19(12-14)30(27,28)15-4-2-1-3-5-15/h1-12,24H,(H,25,26)/p-1/b9-6+. The average Bonchev–Trinajstić information content (AvgIpc) is 2.71. The van der Waals surface area contributed by atoms with Gasteiger partial charge in [-0.2, -0.15) is 0 Å². The summed E-state index contributed by atoms with van der Waals surface area (Å²) in [6.07, 6.45) is 2.23. The van der Waals surface area contributed by atoms with E-state index in [9.17, 15) is 18.3 Å². The van der Waals surface area contributed by atoms with Crippen LogP contribution in [0.1, 0.15) is 5.56 Å². The van der Waals surface area contributed by atoms with E-state index in [1.54, 1.807) is 18.2 Å². The van der Waals surface area contributed by atoms with Gasteiger partial charge in [-0.3, -0.25) is 0 Å². The Morgan fingerprint density at radius 2 is 1.63 bits per heavy atom. The summed E-state index contributed by atoms with van der Waals surface area (Å²) in [6, 6.07) is 13.9. The first-order valence-corrected chi connectivity index (χ1v) is 10.6. The summed E-state index contributed by atoms with van der Waals surface area (Å²) in [5.41, 5.74) is 0.432. The maximum absolute atomic E-state index is 12.8.